The Hall–Kier alpha value is -1.44. The summed E-state index contributed by atoms with van der Waals surface area (Å²) in [5.74, 6) is -0.560. The lowest BCUT2D eigenvalue weighted by Crippen LogP contribution is -2.45. The number of sulfone groups is 1. The second-order valence-electron chi connectivity index (χ2n) is 5.25. The van der Waals surface area contributed by atoms with Gasteiger partial charge in [0.15, 0.2) is 9.84 Å². The monoisotopic (exact) mass is 329 g/mol. The smallest absolute Gasteiger partial charge is 0.221 e. The molecule has 0 aliphatic heterocycles. The van der Waals surface area contributed by atoms with Crippen LogP contribution in [0, 0.1) is 0 Å². The van der Waals surface area contributed by atoms with Crippen molar-refractivity contribution < 1.29 is 22.7 Å². The third kappa shape index (κ3) is 5.75. The highest BCUT2D eigenvalue weighted by atomic mass is 32.2. The first-order valence-electron chi connectivity index (χ1n) is 6.91. The summed E-state index contributed by atoms with van der Waals surface area (Å²) >= 11 is 0. The van der Waals surface area contributed by atoms with Gasteiger partial charge in [0.2, 0.25) is 5.91 Å². The predicted octanol–water partition coefficient (Wildman–Crippen LogP) is 1.02. The number of nitrogens with one attached hydrogen (secondary N) is 1. The van der Waals surface area contributed by atoms with Crippen LogP contribution < -0.4 is 5.32 Å². The van der Waals surface area contributed by atoms with Gasteiger partial charge in [-0.1, -0.05) is 18.2 Å². The first-order chi connectivity index (χ1) is 10.3. The van der Waals surface area contributed by atoms with Crippen molar-refractivity contribution in [3.63, 3.8) is 0 Å². The van der Waals surface area contributed by atoms with Crippen LogP contribution in [0.3, 0.4) is 0 Å². The van der Waals surface area contributed by atoms with Gasteiger partial charge < -0.3 is 14.8 Å². The molecule has 0 saturated heterocycles. The van der Waals surface area contributed by atoms with Crippen molar-refractivity contribution in [3.05, 3.63) is 30.3 Å². The van der Waals surface area contributed by atoms with E-state index in [1.165, 1.54) is 19.2 Å². The largest absolute Gasteiger partial charge is 0.382 e. The molecule has 0 saturated carbocycles. The van der Waals surface area contributed by atoms with E-state index in [4.69, 9.17) is 9.47 Å². The van der Waals surface area contributed by atoms with Crippen LogP contribution >= 0.6 is 0 Å². The van der Waals surface area contributed by atoms with Gasteiger partial charge in [-0.2, -0.15) is 0 Å². The Balaban J connectivity index is 2.50. The maximum Gasteiger partial charge on any atom is 0.221 e. The number of rotatable bonds is 9. The number of ether oxygens (including phenoxy) is 2. The third-order valence-electron chi connectivity index (χ3n) is 3.30. The molecule has 0 heterocycles. The standard InChI is InChI=1S/C15H23NO5S/c1-15(21-3,12-20-2)11-16-14(17)9-10-22(18,19)13-7-5-4-6-8-13/h4-8H,9-12H2,1-3H3,(H,16,17)/t15-/m0/s1. The fraction of sp³-hybridized carbons (Fsp3) is 0.533. The van der Waals surface area contributed by atoms with E-state index in [1.807, 2.05) is 0 Å². The Morgan fingerprint density at radius 2 is 1.86 bits per heavy atom. The van der Waals surface area contributed by atoms with Crippen molar-refractivity contribution in [2.75, 3.05) is 33.1 Å². The van der Waals surface area contributed by atoms with Crippen LogP contribution in [0.4, 0.5) is 0 Å². The molecule has 1 amide bonds. The summed E-state index contributed by atoms with van der Waals surface area (Å²) in [6.45, 7) is 2.38. The van der Waals surface area contributed by atoms with Gasteiger partial charge in [-0.3, -0.25) is 4.79 Å². The number of benzene rings is 1. The van der Waals surface area contributed by atoms with Crippen LogP contribution in [0.5, 0.6) is 0 Å². The zero-order valence-electron chi connectivity index (χ0n) is 13.2. The SMILES string of the molecule is COC[C@](C)(CNC(=O)CCS(=O)(=O)c1ccccc1)OC. The maximum atomic E-state index is 12.1. The highest BCUT2D eigenvalue weighted by molar-refractivity contribution is 7.91. The van der Waals surface area contributed by atoms with Crippen LogP contribution in [0.2, 0.25) is 0 Å². The third-order valence-corrected chi connectivity index (χ3v) is 5.03. The van der Waals surface area contributed by atoms with E-state index in [0.717, 1.165) is 0 Å². The van der Waals surface area contributed by atoms with Gasteiger partial charge in [0, 0.05) is 27.2 Å². The van der Waals surface area contributed by atoms with Crippen LogP contribution in [0.1, 0.15) is 13.3 Å². The van der Waals surface area contributed by atoms with Crippen molar-refractivity contribution in [1.29, 1.82) is 0 Å². The van der Waals surface area contributed by atoms with Crippen molar-refractivity contribution in [2.24, 2.45) is 0 Å². The molecule has 6 nitrogen and oxygen atoms in total. The summed E-state index contributed by atoms with van der Waals surface area (Å²) < 4.78 is 34.5. The summed E-state index contributed by atoms with van der Waals surface area (Å²) in [6, 6.07) is 8.10. The maximum absolute atomic E-state index is 12.1. The summed E-state index contributed by atoms with van der Waals surface area (Å²) in [4.78, 5) is 12.0. The minimum Gasteiger partial charge on any atom is -0.382 e. The predicted molar refractivity (Wildman–Crippen MR) is 83.4 cm³/mol. The van der Waals surface area contributed by atoms with Gasteiger partial charge in [0.25, 0.3) is 0 Å². The normalized spacial score (nSPS) is 14.3. The molecule has 0 aliphatic carbocycles. The van der Waals surface area contributed by atoms with Gasteiger partial charge >= 0.3 is 0 Å². The zero-order valence-corrected chi connectivity index (χ0v) is 14.0. The van der Waals surface area contributed by atoms with Crippen LogP contribution in [-0.4, -0.2) is 53.1 Å². The number of carbonyl (C=O) groups is 1. The van der Waals surface area contributed by atoms with E-state index in [2.05, 4.69) is 5.32 Å². The van der Waals surface area contributed by atoms with Crippen molar-refractivity contribution >= 4 is 15.7 Å². The lowest BCUT2D eigenvalue weighted by Gasteiger charge is -2.27. The minimum atomic E-state index is -3.44. The second kappa shape index (κ2) is 8.26. The van der Waals surface area contributed by atoms with Gasteiger partial charge in [-0.05, 0) is 19.1 Å². The molecule has 0 unspecified atom stereocenters. The molecule has 0 radical (unpaired) electrons. The molecule has 0 aromatic heterocycles. The molecule has 22 heavy (non-hydrogen) atoms. The lowest BCUT2D eigenvalue weighted by molar-refractivity contribution is -0.123. The Morgan fingerprint density at radius 1 is 1.23 bits per heavy atom. The number of carbonyl (C=O) groups excluding carboxylic acids is 1. The quantitative estimate of drug-likeness (QED) is 0.731. The fourth-order valence-corrected chi connectivity index (χ4v) is 3.10. The summed E-state index contributed by atoms with van der Waals surface area (Å²) in [6.07, 6.45) is -0.0932. The Bertz CT molecular complexity index is 573. The lowest BCUT2D eigenvalue weighted by atomic mass is 10.1. The van der Waals surface area contributed by atoms with E-state index < -0.39 is 15.4 Å². The van der Waals surface area contributed by atoms with E-state index in [0.29, 0.717) is 6.61 Å². The van der Waals surface area contributed by atoms with Crippen molar-refractivity contribution in [1.82, 2.24) is 5.32 Å². The number of methoxy groups -OCH3 is 2. The average molecular weight is 329 g/mol. The first-order valence-corrected chi connectivity index (χ1v) is 8.57. The molecule has 7 heteroatoms. The molecule has 1 atom stereocenters. The molecule has 124 valence electrons. The van der Waals surface area contributed by atoms with E-state index >= 15 is 0 Å². The van der Waals surface area contributed by atoms with Crippen LogP contribution in [0.15, 0.2) is 35.2 Å². The molecular formula is C15H23NO5S. The van der Waals surface area contributed by atoms with E-state index in [1.54, 1.807) is 32.2 Å². The second-order valence-corrected chi connectivity index (χ2v) is 7.35. The van der Waals surface area contributed by atoms with Crippen molar-refractivity contribution in [3.8, 4) is 0 Å². The van der Waals surface area contributed by atoms with Crippen LogP contribution in [0.25, 0.3) is 0 Å². The molecule has 0 aliphatic rings. The highest BCUT2D eigenvalue weighted by Crippen LogP contribution is 2.11. The summed E-state index contributed by atoms with van der Waals surface area (Å²) in [7, 11) is -0.362. The van der Waals surface area contributed by atoms with Gasteiger partial charge in [-0.25, -0.2) is 8.42 Å². The topological polar surface area (TPSA) is 81.7 Å². The molecule has 0 bridgehead atoms. The number of hydrogen-bond acceptors (Lipinski definition) is 5. The Kier molecular flexibility index (Phi) is 6.99. The van der Waals surface area contributed by atoms with E-state index in [-0.39, 0.29) is 29.5 Å². The Labute approximate surface area is 131 Å². The molecule has 1 aromatic carbocycles. The molecule has 1 rings (SSSR count). The summed E-state index contributed by atoms with van der Waals surface area (Å²) in [5, 5.41) is 2.67. The zero-order chi connectivity index (χ0) is 16.6. The average Bonchev–Trinajstić information content (AvgIpc) is 2.52. The molecular weight excluding hydrogens is 306 g/mol. The molecule has 0 fully saturated rings. The first kappa shape index (κ1) is 18.6. The fourth-order valence-electron chi connectivity index (χ4n) is 1.83. The van der Waals surface area contributed by atoms with Gasteiger partial charge in [-0.15, -0.1) is 0 Å². The highest BCUT2D eigenvalue weighted by Gasteiger charge is 2.24. The minimum absolute atomic E-state index is 0.0932. The Morgan fingerprint density at radius 3 is 2.41 bits per heavy atom. The summed E-state index contributed by atoms with van der Waals surface area (Å²) in [5.41, 5.74) is -0.636. The van der Waals surface area contributed by atoms with Crippen LogP contribution in [-0.2, 0) is 24.1 Å². The molecule has 1 aromatic rings. The number of amides is 1. The molecule has 0 spiro atoms. The van der Waals surface area contributed by atoms with Gasteiger partial charge in [0.05, 0.1) is 17.3 Å². The van der Waals surface area contributed by atoms with Crippen molar-refractivity contribution in [2.45, 2.75) is 23.8 Å². The van der Waals surface area contributed by atoms with Gasteiger partial charge in [0.1, 0.15) is 5.60 Å². The molecule has 1 N–H and O–H groups in total. The number of hydrogen-bond donors (Lipinski definition) is 1. The van der Waals surface area contributed by atoms with E-state index in [9.17, 15) is 13.2 Å².